The highest BCUT2D eigenvalue weighted by Crippen LogP contribution is 2.25. The smallest absolute Gasteiger partial charge is 0.326 e. The third-order valence-electron chi connectivity index (χ3n) is 21.4. The van der Waals surface area contributed by atoms with Crippen molar-refractivity contribution in [2.75, 3.05) is 39.4 Å². The maximum atomic E-state index is 15.2. The summed E-state index contributed by atoms with van der Waals surface area (Å²) in [7, 11) is 0. The van der Waals surface area contributed by atoms with E-state index < -0.39 is 280 Å². The Balaban J connectivity index is 1.26. The van der Waals surface area contributed by atoms with Crippen LogP contribution in [0.4, 0.5) is 0 Å². The largest absolute Gasteiger partial charge is 0.481 e. The average Bonchev–Trinajstić information content (AvgIpc) is 1.60. The number of imidazole rings is 1. The molecule has 48 heteroatoms. The molecule has 2 aromatic heterocycles. The predicted octanol–water partition coefficient (Wildman–Crippen LogP) is -7.63. The number of nitrogens with two attached hydrogens (primary N) is 5. The maximum absolute atomic E-state index is 15.2. The predicted molar refractivity (Wildman–Crippen MR) is 456 cm³/mol. The van der Waals surface area contributed by atoms with E-state index in [4.69, 9.17) is 28.7 Å². The minimum atomic E-state index is -2.07. The number of para-hydroxylation sites is 1. The van der Waals surface area contributed by atoms with Crippen LogP contribution in [0.25, 0.3) is 10.9 Å². The summed E-state index contributed by atoms with van der Waals surface area (Å²) in [4.78, 5) is 288. The Morgan fingerprint density at radius 3 is 1.32 bits per heavy atom. The number of hydrogen-bond acceptors (Lipinski definition) is 26. The molecule has 130 heavy (non-hydrogen) atoms. The van der Waals surface area contributed by atoms with E-state index in [0.717, 1.165) is 9.80 Å². The maximum Gasteiger partial charge on any atom is 0.326 e. The van der Waals surface area contributed by atoms with Crippen LogP contribution < -0.4 is 92.5 Å². The summed E-state index contributed by atoms with van der Waals surface area (Å²) < 4.78 is 0. The van der Waals surface area contributed by atoms with E-state index in [1.165, 1.54) is 18.7 Å². The quantitative estimate of drug-likeness (QED) is 0.0183. The summed E-state index contributed by atoms with van der Waals surface area (Å²) in [6.07, 6.45) is -2.77. The standard InChI is InChI=1S/C82H118N22O26/c1-42(2)30-53(73(120)102-60(40-106)81(128)104-29-13-21-62(104)82(129)130)100-79(126)61-20-12-28-103(61)80(127)59(31-43-14-4-3-5-15-43)101-77(124)57(35-64(87)108)98-76(123)56(34-63(86)107)97-70(117)50(19-9-11-27-84)92-75(122)55(33-45-38-88-41-90-45)96-74(121)54(32-44-37-89-48-17-7-6-16-46(44)48)95-72(119)52(23-25-66(111)112)93-71(118)51(22-24-65(109)110)94-78(125)58(36-67(113)114)99-69(116)49(18-8-10-26-83)91-68(115)47(85)39-105/h3-7,14-17,37-38,41-42,47,49-62,89,105-106H,8-13,18-36,39-40,83-85H2,1-2H3,(H2,86,107)(H2,87,108)(H,88,90)(H,91,115)(H,92,122)(H,93,118)(H,94,125)(H,95,119)(H,96,121)(H,97,117)(H,98,123)(H,99,116)(H,100,126)(H,101,124)(H,102,120)(H,109,110)(H,111,112)(H,113,114)(H,129,130)/t47-,49-,50-,51-,52-,53-,54-,55-,56-,57-,58-,59-,60-,61-,62-/m0/s1. The monoisotopic (exact) mass is 1830 g/mol. The Morgan fingerprint density at radius 2 is 0.854 bits per heavy atom. The summed E-state index contributed by atoms with van der Waals surface area (Å²) in [5.41, 5.74) is 29.8. The highest BCUT2D eigenvalue weighted by Gasteiger charge is 2.44. The Hall–Kier alpha value is -13.6. The average molecular weight is 1830 g/mol. The van der Waals surface area contributed by atoms with Gasteiger partial charge in [0.25, 0.3) is 0 Å². The number of benzene rings is 2. The molecule has 0 saturated carbocycles. The number of hydrogen-bond donors (Lipinski definition) is 25. The van der Waals surface area contributed by atoms with Crippen molar-refractivity contribution in [1.29, 1.82) is 0 Å². The van der Waals surface area contributed by atoms with Gasteiger partial charge in [-0.05, 0) is 120 Å². The molecule has 2 fully saturated rings. The number of carbonyl (C=O) groups is 20. The van der Waals surface area contributed by atoms with Crippen molar-refractivity contribution in [3.8, 4) is 0 Å². The van der Waals surface area contributed by atoms with E-state index in [0.29, 0.717) is 34.9 Å². The molecular weight excluding hydrogens is 1710 g/mol. The number of nitrogens with one attached hydrogen (secondary N) is 14. The molecule has 2 saturated heterocycles. The lowest BCUT2D eigenvalue weighted by atomic mass is 10.0. The molecule has 6 rings (SSSR count). The number of rotatable bonds is 57. The molecule has 2 aromatic carbocycles. The number of amides is 16. The Bertz CT molecular complexity index is 4630. The lowest BCUT2D eigenvalue weighted by Gasteiger charge is -2.31. The Kier molecular flexibility index (Phi) is 42.6. The second-order valence-corrected chi connectivity index (χ2v) is 31.9. The Labute approximate surface area is 744 Å². The van der Waals surface area contributed by atoms with Crippen LogP contribution in [0.3, 0.4) is 0 Å². The van der Waals surface area contributed by atoms with Crippen LogP contribution in [0.2, 0.25) is 0 Å². The highest BCUT2D eigenvalue weighted by atomic mass is 16.4. The van der Waals surface area contributed by atoms with Gasteiger partial charge < -0.3 is 143 Å². The van der Waals surface area contributed by atoms with Crippen molar-refractivity contribution in [3.63, 3.8) is 0 Å². The third-order valence-corrected chi connectivity index (χ3v) is 21.4. The number of aromatic nitrogens is 3. The molecular formula is C82H118N22O26. The van der Waals surface area contributed by atoms with Crippen molar-refractivity contribution in [1.82, 2.24) is 88.6 Å². The first kappa shape index (κ1) is 105. The third kappa shape index (κ3) is 33.5. The molecule has 0 aliphatic carbocycles. The number of primary amides is 2. The van der Waals surface area contributed by atoms with E-state index in [-0.39, 0.29) is 102 Å². The number of unbranched alkanes of at least 4 members (excludes halogenated alkanes) is 2. The molecule has 30 N–H and O–H groups in total. The van der Waals surface area contributed by atoms with Crippen molar-refractivity contribution < 1.29 is 127 Å². The second kappa shape index (κ2) is 52.6. The van der Waals surface area contributed by atoms with E-state index in [1.54, 1.807) is 68.4 Å². The summed E-state index contributed by atoms with van der Waals surface area (Å²) in [6.45, 7) is 1.84. The van der Waals surface area contributed by atoms with Gasteiger partial charge in [0.2, 0.25) is 94.5 Å². The molecule has 48 nitrogen and oxygen atoms in total. The van der Waals surface area contributed by atoms with Gasteiger partial charge in [-0.15, -0.1) is 0 Å². The van der Waals surface area contributed by atoms with Crippen LogP contribution >= 0.6 is 0 Å². The number of carboxylic acid groups (broad SMARTS) is 4. The van der Waals surface area contributed by atoms with Gasteiger partial charge >= 0.3 is 23.9 Å². The van der Waals surface area contributed by atoms with Gasteiger partial charge in [-0.25, -0.2) is 9.78 Å². The zero-order chi connectivity index (χ0) is 96.0. The number of likely N-dealkylation sites (tertiary alicyclic amines) is 2. The lowest BCUT2D eigenvalue weighted by molar-refractivity contribution is -0.150. The van der Waals surface area contributed by atoms with Crippen molar-refractivity contribution in [2.45, 2.75) is 239 Å². The molecule has 4 aromatic rings. The van der Waals surface area contributed by atoms with Crippen molar-refractivity contribution in [3.05, 3.63) is 90.1 Å². The second-order valence-electron chi connectivity index (χ2n) is 31.9. The fourth-order valence-corrected chi connectivity index (χ4v) is 14.6. The molecule has 0 unspecified atom stereocenters. The number of aliphatic carboxylic acids is 4. The van der Waals surface area contributed by atoms with E-state index in [9.17, 15) is 112 Å². The van der Waals surface area contributed by atoms with Crippen molar-refractivity contribution in [2.24, 2.45) is 34.6 Å². The first-order chi connectivity index (χ1) is 61.7. The molecule has 0 spiro atoms. The zero-order valence-electron chi connectivity index (χ0n) is 71.8. The summed E-state index contributed by atoms with van der Waals surface area (Å²) in [5.74, 6) is -24.6. The minimum Gasteiger partial charge on any atom is -0.481 e. The van der Waals surface area contributed by atoms with Gasteiger partial charge in [0.05, 0.1) is 44.5 Å². The first-order valence-corrected chi connectivity index (χ1v) is 42.4. The number of carboxylic acids is 4. The topological polar surface area (TPSA) is 788 Å². The van der Waals surface area contributed by atoms with Crippen LogP contribution in [-0.2, 0) is 115 Å². The molecule has 0 bridgehead atoms. The van der Waals surface area contributed by atoms with Gasteiger partial charge in [-0.2, -0.15) is 0 Å². The van der Waals surface area contributed by atoms with E-state index in [1.807, 2.05) is 0 Å². The molecule has 15 atom stereocenters. The fourth-order valence-electron chi connectivity index (χ4n) is 14.6. The van der Waals surface area contributed by atoms with Gasteiger partial charge in [0.15, 0.2) is 0 Å². The minimum absolute atomic E-state index is 0.0227. The number of aliphatic hydroxyl groups is 2. The van der Waals surface area contributed by atoms with Crippen LogP contribution in [0.15, 0.2) is 73.3 Å². The highest BCUT2D eigenvalue weighted by molar-refractivity contribution is 6.03. The summed E-state index contributed by atoms with van der Waals surface area (Å²) in [5, 5.41) is 88.4. The summed E-state index contributed by atoms with van der Waals surface area (Å²) in [6, 6.07) is -10.9. The SMILES string of the molecule is CC(C)C[C@H](NC(=O)[C@@H]1CCCN1C(=O)[C@H](Cc1ccccc1)NC(=O)[C@H](CC(N)=O)NC(=O)[C@H](CC(N)=O)NC(=O)[C@H](CCCCN)NC(=O)[C@H](Cc1c[nH]cn1)NC(=O)[C@H](Cc1c[nH]c2ccccc12)NC(=O)[C@H](CCC(=O)O)NC(=O)[C@H](CCC(=O)O)NC(=O)[C@H](CC(=O)O)NC(=O)[C@H](CCCCN)NC(=O)[C@@H](N)CO)C(=O)N[C@@H](CO)C(=O)N1CCC[C@H]1C(=O)O. The van der Waals surface area contributed by atoms with Crippen molar-refractivity contribution >= 4 is 129 Å². The van der Waals surface area contributed by atoms with Crippen LogP contribution in [0.5, 0.6) is 0 Å². The summed E-state index contributed by atoms with van der Waals surface area (Å²) >= 11 is 0. The molecule has 2 aliphatic rings. The molecule has 0 radical (unpaired) electrons. The number of nitrogens with zero attached hydrogens (tertiary/aromatic N) is 3. The van der Waals surface area contributed by atoms with Crippen LogP contribution in [0.1, 0.15) is 146 Å². The number of aromatic amines is 2. The first-order valence-electron chi connectivity index (χ1n) is 42.4. The number of carbonyl (C=O) groups excluding carboxylic acids is 16. The number of aliphatic hydroxyl groups excluding tert-OH is 2. The molecule has 712 valence electrons. The number of fused-ring (bicyclic) bond motifs is 1. The Morgan fingerprint density at radius 1 is 0.438 bits per heavy atom. The van der Waals surface area contributed by atoms with Gasteiger partial charge in [0, 0.05) is 68.5 Å². The van der Waals surface area contributed by atoms with Gasteiger partial charge in [-0.1, -0.05) is 62.4 Å². The van der Waals surface area contributed by atoms with Gasteiger partial charge in [0.1, 0.15) is 90.6 Å². The van der Waals surface area contributed by atoms with Gasteiger partial charge in [-0.3, -0.25) is 91.1 Å². The normalized spacial score (nSPS) is 16.6. The fraction of sp³-hybridized carbons (Fsp3) is 0.549. The number of H-pyrrole nitrogens is 2. The molecule has 2 aliphatic heterocycles. The van der Waals surface area contributed by atoms with Crippen LogP contribution in [0, 0.1) is 5.92 Å². The molecule has 16 amide bonds. The zero-order valence-corrected chi connectivity index (χ0v) is 71.8. The van der Waals surface area contributed by atoms with Crippen LogP contribution in [-0.4, -0.2) is 304 Å². The van der Waals surface area contributed by atoms with E-state index >= 15 is 14.4 Å². The molecule has 4 heterocycles. The van der Waals surface area contributed by atoms with E-state index in [2.05, 4.69) is 78.8 Å². The lowest BCUT2D eigenvalue weighted by Crippen LogP contribution is -2.62.